The number of allylic oxidation sites excluding steroid dienone is 2. The number of benzene rings is 1. The number of carbonyl (C=O) groups excluding carboxylic acids is 7. The number of ether oxygens (including phenoxy) is 4. The van der Waals surface area contributed by atoms with Crippen molar-refractivity contribution in [3.05, 3.63) is 70.7 Å². The topological polar surface area (TPSA) is 208 Å². The maximum Gasteiger partial charge on any atom is 0.408 e. The Morgan fingerprint density at radius 2 is 1.41 bits per heavy atom. The van der Waals surface area contributed by atoms with Crippen molar-refractivity contribution in [2.75, 3.05) is 33.9 Å². The molecule has 5 amide bonds. The number of ketones is 2. The van der Waals surface area contributed by atoms with Gasteiger partial charge in [0, 0.05) is 30.3 Å². The predicted octanol–water partition coefficient (Wildman–Crippen LogP) is 8.72. The first-order valence-corrected chi connectivity index (χ1v) is 25.9. The first kappa shape index (κ1) is 59.6. The van der Waals surface area contributed by atoms with Crippen LogP contribution in [-0.2, 0) is 49.3 Å². The highest BCUT2D eigenvalue weighted by Crippen LogP contribution is 2.29. The zero-order chi connectivity index (χ0) is 52.5. The molecule has 0 spiro atoms. The van der Waals surface area contributed by atoms with E-state index in [1.54, 1.807) is 32.6 Å². The quantitative estimate of drug-likeness (QED) is 0.0326. The van der Waals surface area contributed by atoms with Gasteiger partial charge in [0.15, 0.2) is 0 Å². The van der Waals surface area contributed by atoms with Gasteiger partial charge < -0.3 is 45.1 Å². The number of amides is 5. The van der Waals surface area contributed by atoms with E-state index in [2.05, 4.69) is 35.1 Å². The molecule has 1 aliphatic heterocycles. The molecule has 0 saturated carbocycles. The summed E-state index contributed by atoms with van der Waals surface area (Å²) in [6, 6.07) is 7.56. The highest BCUT2D eigenvalue weighted by Gasteiger charge is 2.38. The third-order valence-electron chi connectivity index (χ3n) is 12.4. The van der Waals surface area contributed by atoms with E-state index in [0.29, 0.717) is 82.2 Å². The van der Waals surface area contributed by atoms with Crippen molar-refractivity contribution in [1.29, 1.82) is 0 Å². The van der Waals surface area contributed by atoms with Crippen LogP contribution in [0, 0.1) is 11.8 Å². The van der Waals surface area contributed by atoms with Crippen molar-refractivity contribution in [2.24, 2.45) is 11.8 Å². The van der Waals surface area contributed by atoms with Crippen LogP contribution in [0.4, 0.5) is 9.59 Å². The number of likely N-dealkylation sites (tertiary alicyclic amines) is 1. The average molecular weight is 992 g/mol. The van der Waals surface area contributed by atoms with Gasteiger partial charge in [0.05, 0.1) is 32.8 Å². The molecule has 1 aliphatic carbocycles. The van der Waals surface area contributed by atoms with Crippen molar-refractivity contribution >= 4 is 41.5 Å². The van der Waals surface area contributed by atoms with Crippen LogP contribution in [0.5, 0.6) is 0 Å². The zero-order valence-electron chi connectivity index (χ0n) is 44.4. The second-order valence-corrected chi connectivity index (χ2v) is 20.4. The number of hydrogen-bond donors (Lipinski definition) is 4. The number of Topliss-reactive ketones (excluding diaryl/α,β-unsaturated/α-hetero) is 2. The first-order valence-electron chi connectivity index (χ1n) is 25.9. The number of carbonyl (C=O) groups is 7. The van der Waals surface area contributed by atoms with Crippen LogP contribution >= 0.6 is 0 Å². The number of nitrogens with zero attached hydrogens (tertiary/aromatic N) is 1. The van der Waals surface area contributed by atoms with Crippen LogP contribution in [0.25, 0.3) is 0 Å². The summed E-state index contributed by atoms with van der Waals surface area (Å²) in [6.45, 7) is 16.0. The zero-order valence-corrected chi connectivity index (χ0v) is 44.4. The summed E-state index contributed by atoms with van der Waals surface area (Å²) >= 11 is 0. The lowest BCUT2D eigenvalue weighted by atomic mass is 9.89. The number of hydrogen-bond acceptors (Lipinski definition) is 11. The normalized spacial score (nSPS) is 16.6. The minimum absolute atomic E-state index is 0.0274. The lowest BCUT2D eigenvalue weighted by molar-refractivity contribution is -0.141. The summed E-state index contributed by atoms with van der Waals surface area (Å²) in [6.07, 6.45) is 14.3. The lowest BCUT2D eigenvalue weighted by Gasteiger charge is -2.29. The van der Waals surface area contributed by atoms with E-state index in [0.717, 1.165) is 56.9 Å². The van der Waals surface area contributed by atoms with Crippen molar-refractivity contribution in [1.82, 2.24) is 26.2 Å². The number of unbranched alkanes of at least 4 members (excludes halogenated alkanes) is 8. The SMILES string of the molecule is COC1=C(OC)C(=O)C(CCCCCCCCCCOC(=O)NCCCC[C@H](NC(=O)[C@@H]2CCCN2C(=O)[C@H](/C=C/[C@H](CC(C)C)NC(=O)OC(C)(C)C)Cc2ccccc2)C(=O)NC(C)C)=C(C)C1=O. The van der Waals surface area contributed by atoms with Crippen molar-refractivity contribution < 1.29 is 52.5 Å². The van der Waals surface area contributed by atoms with Crippen LogP contribution in [0.2, 0.25) is 0 Å². The molecule has 4 atom stereocenters. The molecule has 396 valence electrons. The van der Waals surface area contributed by atoms with E-state index in [1.165, 1.54) is 14.2 Å². The summed E-state index contributed by atoms with van der Waals surface area (Å²) in [5, 5.41) is 11.6. The van der Waals surface area contributed by atoms with Crippen LogP contribution in [0.3, 0.4) is 0 Å². The first-order chi connectivity index (χ1) is 33.8. The van der Waals surface area contributed by atoms with E-state index in [1.807, 2.05) is 56.3 Å². The van der Waals surface area contributed by atoms with Gasteiger partial charge in [0.1, 0.15) is 17.7 Å². The molecule has 0 aromatic heterocycles. The number of alkyl carbamates (subject to hydrolysis) is 2. The third kappa shape index (κ3) is 21.3. The summed E-state index contributed by atoms with van der Waals surface area (Å²) in [4.78, 5) is 94.1. The van der Waals surface area contributed by atoms with Gasteiger partial charge >= 0.3 is 12.2 Å². The molecule has 1 aromatic rings. The van der Waals surface area contributed by atoms with E-state index in [-0.39, 0.29) is 58.8 Å². The number of methoxy groups -OCH3 is 2. The Hall–Kier alpha value is -5.67. The van der Waals surface area contributed by atoms with Gasteiger partial charge in [-0.15, -0.1) is 0 Å². The molecule has 16 heteroatoms. The maximum atomic E-state index is 14.5. The summed E-state index contributed by atoms with van der Waals surface area (Å²) in [5.74, 6) is -1.91. The fourth-order valence-electron chi connectivity index (χ4n) is 8.80. The van der Waals surface area contributed by atoms with Crippen LogP contribution in [0.15, 0.2) is 65.1 Å². The molecule has 1 fully saturated rings. The monoisotopic (exact) mass is 992 g/mol. The fraction of sp³-hybridized carbons (Fsp3) is 0.655. The summed E-state index contributed by atoms with van der Waals surface area (Å²) in [7, 11) is 2.72. The molecule has 0 bridgehead atoms. The number of rotatable bonds is 30. The Morgan fingerprint density at radius 1 is 0.775 bits per heavy atom. The molecular weight excluding hydrogens is 907 g/mol. The standard InChI is InChI=1S/C55H85N5O11/c1-37(2)35-42(58-54(67)71-55(6,7)8)31-30-41(36-40-25-18-17-19-26-40)52(65)60-33-24-29-45(60)51(64)59-44(50(63)57-38(3)4)28-21-22-32-56-53(66)70-34-23-16-14-12-11-13-15-20-27-43-39(5)46(61)48(68-9)49(69-10)47(43)62/h17-19,25-26,30-31,37-38,41-42,44-45H,11-16,20-24,27-29,32-36H2,1-10H3,(H,56,66)(H,57,63)(H,58,67)(H,59,64)/b31-30+/t41-,42-,44+,45+/m1/s1. The van der Waals surface area contributed by atoms with Crippen LogP contribution in [-0.4, -0.2) is 110 Å². The Bertz CT molecular complexity index is 2010. The van der Waals surface area contributed by atoms with Gasteiger partial charge in [0.25, 0.3) is 0 Å². The maximum absolute atomic E-state index is 14.5. The molecule has 3 rings (SSSR count). The second kappa shape index (κ2) is 30.9. The largest absolute Gasteiger partial charge is 0.489 e. The molecule has 1 aromatic carbocycles. The highest BCUT2D eigenvalue weighted by atomic mass is 16.6. The van der Waals surface area contributed by atoms with Crippen LogP contribution < -0.4 is 21.3 Å². The smallest absolute Gasteiger partial charge is 0.408 e. The molecule has 0 unspecified atom stereocenters. The van der Waals surface area contributed by atoms with Crippen molar-refractivity contribution in [2.45, 2.75) is 188 Å². The third-order valence-corrected chi connectivity index (χ3v) is 12.4. The molecular formula is C55H85N5O11. The molecule has 0 radical (unpaired) electrons. The number of nitrogens with one attached hydrogen (secondary N) is 4. The van der Waals surface area contributed by atoms with E-state index < -0.39 is 35.8 Å². The van der Waals surface area contributed by atoms with Gasteiger partial charge in [-0.05, 0) is 117 Å². The molecule has 1 heterocycles. The van der Waals surface area contributed by atoms with Crippen molar-refractivity contribution in [3.63, 3.8) is 0 Å². The van der Waals surface area contributed by atoms with Gasteiger partial charge in [-0.25, -0.2) is 9.59 Å². The predicted molar refractivity (Wildman–Crippen MR) is 274 cm³/mol. The average Bonchev–Trinajstić information content (AvgIpc) is 3.80. The van der Waals surface area contributed by atoms with Crippen LogP contribution in [0.1, 0.15) is 157 Å². The van der Waals surface area contributed by atoms with E-state index in [4.69, 9.17) is 18.9 Å². The second-order valence-electron chi connectivity index (χ2n) is 20.4. The van der Waals surface area contributed by atoms with Crippen molar-refractivity contribution in [3.8, 4) is 0 Å². The molecule has 71 heavy (non-hydrogen) atoms. The van der Waals surface area contributed by atoms with E-state index >= 15 is 0 Å². The highest BCUT2D eigenvalue weighted by molar-refractivity contribution is 6.23. The van der Waals surface area contributed by atoms with Gasteiger partial charge in [0.2, 0.25) is 40.8 Å². The molecule has 4 N–H and O–H groups in total. The van der Waals surface area contributed by atoms with Gasteiger partial charge in [-0.2, -0.15) is 0 Å². The Kier molecular flexibility index (Phi) is 26.0. The van der Waals surface area contributed by atoms with Gasteiger partial charge in [-0.3, -0.25) is 24.0 Å². The Morgan fingerprint density at radius 3 is 2.03 bits per heavy atom. The minimum atomic E-state index is -0.835. The van der Waals surface area contributed by atoms with Gasteiger partial charge in [-0.1, -0.05) is 94.9 Å². The molecule has 16 nitrogen and oxygen atoms in total. The Balaban J connectivity index is 1.44. The summed E-state index contributed by atoms with van der Waals surface area (Å²) < 4.78 is 21.2. The lowest BCUT2D eigenvalue weighted by Crippen LogP contribution is -2.54. The Labute approximate surface area is 423 Å². The fourth-order valence-corrected chi connectivity index (χ4v) is 8.80. The minimum Gasteiger partial charge on any atom is -0.489 e. The molecule has 1 saturated heterocycles. The molecule has 2 aliphatic rings. The summed E-state index contributed by atoms with van der Waals surface area (Å²) in [5.41, 5.74) is 1.21. The van der Waals surface area contributed by atoms with E-state index in [9.17, 15) is 33.6 Å².